The molecule has 0 fully saturated rings. The fourth-order valence-corrected chi connectivity index (χ4v) is 2.70. The summed E-state index contributed by atoms with van der Waals surface area (Å²) in [5.41, 5.74) is -0.0708. The first-order valence-electron chi connectivity index (χ1n) is 10.5. The van der Waals surface area contributed by atoms with Gasteiger partial charge in [-0.1, -0.05) is 0 Å². The van der Waals surface area contributed by atoms with Crippen LogP contribution in [0.5, 0.6) is 28.7 Å². The van der Waals surface area contributed by atoms with Crippen molar-refractivity contribution < 1.29 is 33.2 Å². The first kappa shape index (κ1) is 25.5. The Bertz CT molecular complexity index is 680. The van der Waals surface area contributed by atoms with Gasteiger partial charge in [-0.3, -0.25) is 0 Å². The van der Waals surface area contributed by atoms with Crippen LogP contribution in [0.1, 0.15) is 61.0 Å². The molecule has 0 bridgehead atoms. The molecule has 0 heterocycles. The van der Waals surface area contributed by atoms with Crippen LogP contribution in [0.3, 0.4) is 0 Å². The van der Waals surface area contributed by atoms with Crippen molar-refractivity contribution in [3.63, 3.8) is 0 Å². The van der Waals surface area contributed by atoms with Gasteiger partial charge in [-0.05, 0) is 61.5 Å². The van der Waals surface area contributed by atoms with E-state index in [0.29, 0.717) is 67.3 Å². The van der Waals surface area contributed by atoms with Crippen molar-refractivity contribution in [2.24, 2.45) is 0 Å². The van der Waals surface area contributed by atoms with E-state index in [9.17, 15) is 4.79 Å². The molecule has 0 aliphatic rings. The molecule has 1 aromatic rings. The summed E-state index contributed by atoms with van der Waals surface area (Å²) >= 11 is 0. The molecule has 0 unspecified atom stereocenters. The number of benzene rings is 1. The number of rotatable bonds is 12. The van der Waals surface area contributed by atoms with E-state index in [1.165, 1.54) is 6.08 Å². The van der Waals surface area contributed by atoms with E-state index < -0.39 is 11.6 Å². The molecule has 0 atom stereocenters. The third kappa shape index (κ3) is 7.04. The summed E-state index contributed by atoms with van der Waals surface area (Å²) in [5.74, 6) is 1.62. The Morgan fingerprint density at radius 2 is 1.00 bits per heavy atom. The molecule has 0 amide bonds. The van der Waals surface area contributed by atoms with Crippen LogP contribution < -0.4 is 23.7 Å². The molecule has 7 nitrogen and oxygen atoms in total. The number of esters is 1. The molecule has 7 heteroatoms. The van der Waals surface area contributed by atoms with Gasteiger partial charge in [0.05, 0.1) is 38.6 Å². The van der Waals surface area contributed by atoms with Crippen LogP contribution in [-0.4, -0.2) is 44.6 Å². The van der Waals surface area contributed by atoms with Crippen LogP contribution in [0.2, 0.25) is 0 Å². The topological polar surface area (TPSA) is 72.5 Å². The maximum absolute atomic E-state index is 12.3. The lowest BCUT2D eigenvalue weighted by Crippen LogP contribution is -2.22. The van der Waals surface area contributed by atoms with Crippen LogP contribution in [0.25, 0.3) is 6.08 Å². The lowest BCUT2D eigenvalue weighted by atomic mass is 10.1. The maximum atomic E-state index is 12.3. The molecule has 0 spiro atoms. The second-order valence-electron chi connectivity index (χ2n) is 7.09. The quantitative estimate of drug-likeness (QED) is 0.344. The molecule has 1 aromatic carbocycles. The summed E-state index contributed by atoms with van der Waals surface area (Å²) in [6.45, 7) is 16.8. The smallest absolute Gasteiger partial charge is 0.331 e. The monoisotopic (exact) mass is 424 g/mol. The zero-order chi connectivity index (χ0) is 22.7. The Balaban J connectivity index is 3.77. The highest BCUT2D eigenvalue weighted by molar-refractivity contribution is 5.90. The standard InChI is InChI=1S/C23H36O7/c1-9-25-18-16(14-15-17(24)30-23(6,7)8)19(26-10-2)21(28-12-4)22(29-13-5)20(18)27-11-3/h14-15H,9-13H2,1-8H3. The predicted octanol–water partition coefficient (Wildman–Crippen LogP) is 5.04. The lowest BCUT2D eigenvalue weighted by Gasteiger charge is -2.24. The highest BCUT2D eigenvalue weighted by Gasteiger charge is 2.29. The van der Waals surface area contributed by atoms with Crippen molar-refractivity contribution in [1.29, 1.82) is 0 Å². The number of carbonyl (C=O) groups is 1. The molecular formula is C23H36O7. The van der Waals surface area contributed by atoms with Gasteiger partial charge in [0.2, 0.25) is 17.2 Å². The zero-order valence-electron chi connectivity index (χ0n) is 19.5. The molecule has 0 N–H and O–H groups in total. The maximum Gasteiger partial charge on any atom is 0.331 e. The molecule has 0 radical (unpaired) electrons. The number of ether oxygens (including phenoxy) is 6. The van der Waals surface area contributed by atoms with Crippen LogP contribution in [0.4, 0.5) is 0 Å². The van der Waals surface area contributed by atoms with E-state index in [4.69, 9.17) is 28.4 Å². The lowest BCUT2D eigenvalue weighted by molar-refractivity contribution is -0.148. The summed E-state index contributed by atoms with van der Waals surface area (Å²) < 4.78 is 34.9. The molecule has 1 rings (SSSR count). The van der Waals surface area contributed by atoms with E-state index in [1.54, 1.807) is 6.08 Å². The van der Waals surface area contributed by atoms with Gasteiger partial charge in [-0.25, -0.2) is 4.79 Å². The molecule has 0 saturated carbocycles. The molecule has 0 saturated heterocycles. The van der Waals surface area contributed by atoms with Crippen molar-refractivity contribution in [2.75, 3.05) is 33.0 Å². The largest absolute Gasteiger partial charge is 0.489 e. The van der Waals surface area contributed by atoms with Crippen molar-refractivity contribution in [1.82, 2.24) is 0 Å². The van der Waals surface area contributed by atoms with Gasteiger partial charge in [0.15, 0.2) is 11.5 Å². The minimum absolute atomic E-state index is 0.387. The van der Waals surface area contributed by atoms with Crippen molar-refractivity contribution in [3.05, 3.63) is 11.6 Å². The van der Waals surface area contributed by atoms with E-state index >= 15 is 0 Å². The molecular weight excluding hydrogens is 388 g/mol. The van der Waals surface area contributed by atoms with E-state index in [2.05, 4.69) is 0 Å². The van der Waals surface area contributed by atoms with E-state index in [1.807, 2.05) is 55.4 Å². The van der Waals surface area contributed by atoms with E-state index in [-0.39, 0.29) is 0 Å². The molecule has 30 heavy (non-hydrogen) atoms. The Hall–Kier alpha value is -2.57. The fourth-order valence-electron chi connectivity index (χ4n) is 2.70. The van der Waals surface area contributed by atoms with Crippen LogP contribution in [-0.2, 0) is 9.53 Å². The highest BCUT2D eigenvalue weighted by atomic mass is 16.6. The van der Waals surface area contributed by atoms with E-state index in [0.717, 1.165) is 0 Å². The Morgan fingerprint density at radius 1 is 0.667 bits per heavy atom. The summed E-state index contributed by atoms with van der Waals surface area (Å²) in [6, 6.07) is 0. The number of hydrogen-bond donors (Lipinski definition) is 0. The van der Waals surface area contributed by atoms with Crippen molar-refractivity contribution in [2.45, 2.75) is 61.0 Å². The second kappa shape index (κ2) is 12.2. The Morgan fingerprint density at radius 3 is 1.33 bits per heavy atom. The summed E-state index contributed by atoms with van der Waals surface area (Å²) in [7, 11) is 0. The van der Waals surface area contributed by atoms with Gasteiger partial charge in [-0.15, -0.1) is 0 Å². The summed E-state index contributed by atoms with van der Waals surface area (Å²) in [6.07, 6.45) is 2.95. The first-order chi connectivity index (χ1) is 14.2. The molecule has 0 aromatic heterocycles. The van der Waals surface area contributed by atoms with Crippen LogP contribution >= 0.6 is 0 Å². The normalized spacial score (nSPS) is 11.3. The number of carbonyl (C=O) groups excluding carboxylic acids is 1. The Labute approximate surface area is 180 Å². The average molecular weight is 425 g/mol. The molecule has 170 valence electrons. The SMILES string of the molecule is CCOc1c(C=CC(=O)OC(C)(C)C)c(OCC)c(OCC)c(OCC)c1OCC. The van der Waals surface area contributed by atoms with Crippen molar-refractivity contribution >= 4 is 12.0 Å². The van der Waals surface area contributed by atoms with Gasteiger partial charge in [0.25, 0.3) is 0 Å². The van der Waals surface area contributed by atoms with Crippen molar-refractivity contribution in [3.8, 4) is 28.7 Å². The summed E-state index contributed by atoms with van der Waals surface area (Å²) in [4.78, 5) is 12.3. The highest BCUT2D eigenvalue weighted by Crippen LogP contribution is 2.54. The minimum Gasteiger partial charge on any atom is -0.489 e. The van der Waals surface area contributed by atoms with Crippen LogP contribution in [0, 0.1) is 0 Å². The summed E-state index contributed by atoms with van der Waals surface area (Å²) in [5, 5.41) is 0. The van der Waals surface area contributed by atoms with Crippen LogP contribution in [0.15, 0.2) is 6.08 Å². The predicted molar refractivity (Wildman–Crippen MR) is 117 cm³/mol. The zero-order valence-corrected chi connectivity index (χ0v) is 19.5. The fraction of sp³-hybridized carbons (Fsp3) is 0.609. The average Bonchev–Trinajstić information content (AvgIpc) is 2.65. The molecule has 0 aliphatic carbocycles. The minimum atomic E-state index is -0.599. The van der Waals surface area contributed by atoms with Gasteiger partial charge < -0.3 is 28.4 Å². The van der Waals surface area contributed by atoms with Gasteiger partial charge in [0, 0.05) is 6.08 Å². The third-order valence-corrected chi connectivity index (χ3v) is 3.55. The van der Waals surface area contributed by atoms with Gasteiger partial charge >= 0.3 is 5.97 Å². The number of hydrogen-bond acceptors (Lipinski definition) is 7. The van der Waals surface area contributed by atoms with Gasteiger partial charge in [-0.2, -0.15) is 0 Å². The first-order valence-corrected chi connectivity index (χ1v) is 10.5. The Kier molecular flexibility index (Phi) is 10.4. The second-order valence-corrected chi connectivity index (χ2v) is 7.09. The molecule has 0 aliphatic heterocycles. The van der Waals surface area contributed by atoms with Gasteiger partial charge in [0.1, 0.15) is 5.60 Å². The third-order valence-electron chi connectivity index (χ3n) is 3.55.